The van der Waals surface area contributed by atoms with Gasteiger partial charge in [-0.15, -0.1) is 0 Å². The average molecular weight is 312 g/mol. The molecular weight excluding hydrogens is 296 g/mol. The number of furan rings is 1. The van der Waals surface area contributed by atoms with Crippen molar-refractivity contribution in [2.75, 3.05) is 7.11 Å². The first-order valence-electron chi connectivity index (χ1n) is 7.35. The Morgan fingerprint density at radius 3 is 2.74 bits per heavy atom. The van der Waals surface area contributed by atoms with Gasteiger partial charge in [0.05, 0.1) is 23.3 Å². The van der Waals surface area contributed by atoms with E-state index in [0.717, 1.165) is 5.56 Å². The van der Waals surface area contributed by atoms with Gasteiger partial charge in [-0.1, -0.05) is 30.3 Å². The van der Waals surface area contributed by atoms with Crippen molar-refractivity contribution in [2.24, 2.45) is 0 Å². The van der Waals surface area contributed by atoms with Crippen LogP contribution in [0.2, 0.25) is 0 Å². The molecule has 1 aliphatic rings. The molecule has 1 aromatic heterocycles. The molecule has 2 aromatic carbocycles. The van der Waals surface area contributed by atoms with Crippen LogP contribution in [-0.4, -0.2) is 17.3 Å². The SMILES string of the molecule is CO[C@@]1(c2ccccc2)C[C@H](O)c2c(cc3occc3c2O)O1. The first-order valence-corrected chi connectivity index (χ1v) is 7.35. The summed E-state index contributed by atoms with van der Waals surface area (Å²) in [6.07, 6.45) is 0.749. The smallest absolute Gasteiger partial charge is 0.239 e. The molecule has 5 heteroatoms. The number of aliphatic hydroxyl groups is 1. The zero-order chi connectivity index (χ0) is 16.0. The molecule has 3 aromatic rings. The van der Waals surface area contributed by atoms with Crippen molar-refractivity contribution < 1.29 is 24.1 Å². The second-order valence-corrected chi connectivity index (χ2v) is 5.61. The van der Waals surface area contributed by atoms with Gasteiger partial charge in [0.2, 0.25) is 5.79 Å². The van der Waals surface area contributed by atoms with Crippen LogP contribution in [0.15, 0.2) is 53.1 Å². The van der Waals surface area contributed by atoms with Crippen molar-refractivity contribution in [2.45, 2.75) is 18.3 Å². The highest BCUT2D eigenvalue weighted by molar-refractivity contribution is 5.87. The third kappa shape index (κ3) is 2.01. The summed E-state index contributed by atoms with van der Waals surface area (Å²) in [7, 11) is 1.54. The van der Waals surface area contributed by atoms with Crippen molar-refractivity contribution >= 4 is 11.0 Å². The van der Waals surface area contributed by atoms with Gasteiger partial charge in [0.1, 0.15) is 17.1 Å². The topological polar surface area (TPSA) is 72.1 Å². The predicted octanol–water partition coefficient (Wildman–Crippen LogP) is 3.45. The van der Waals surface area contributed by atoms with E-state index < -0.39 is 11.9 Å². The Hall–Kier alpha value is -2.50. The monoisotopic (exact) mass is 312 g/mol. The quantitative estimate of drug-likeness (QED) is 0.758. The number of phenols is 1. The molecule has 5 nitrogen and oxygen atoms in total. The zero-order valence-corrected chi connectivity index (χ0v) is 12.5. The summed E-state index contributed by atoms with van der Waals surface area (Å²) in [4.78, 5) is 0. The van der Waals surface area contributed by atoms with Gasteiger partial charge in [-0.3, -0.25) is 0 Å². The second-order valence-electron chi connectivity index (χ2n) is 5.61. The molecule has 0 aliphatic carbocycles. The summed E-state index contributed by atoms with van der Waals surface area (Å²) >= 11 is 0. The Balaban J connectivity index is 1.90. The number of benzene rings is 2. The van der Waals surface area contributed by atoms with E-state index in [1.54, 1.807) is 12.1 Å². The number of phenolic OH excluding ortho intramolecular Hbond substituents is 1. The average Bonchev–Trinajstić information content (AvgIpc) is 3.04. The molecule has 1 aliphatic heterocycles. The van der Waals surface area contributed by atoms with E-state index in [1.807, 2.05) is 30.3 Å². The molecule has 0 saturated heterocycles. The molecule has 2 atom stereocenters. The molecule has 4 rings (SSSR count). The Labute approximate surface area is 132 Å². The van der Waals surface area contributed by atoms with Gasteiger partial charge in [0, 0.05) is 25.2 Å². The van der Waals surface area contributed by atoms with E-state index in [4.69, 9.17) is 13.9 Å². The molecule has 2 N–H and O–H groups in total. The standard InChI is InChI=1S/C18H16O5/c1-21-18(11-5-3-2-4-6-11)10-13(19)16-15(23-18)9-14-12(17(16)20)7-8-22-14/h2-9,13,19-20H,10H2,1H3/t13-,18-/m0/s1. The number of rotatable bonds is 2. The van der Waals surface area contributed by atoms with Crippen LogP contribution in [0.25, 0.3) is 11.0 Å². The minimum Gasteiger partial charge on any atom is -0.507 e. The van der Waals surface area contributed by atoms with Crippen molar-refractivity contribution in [1.82, 2.24) is 0 Å². The Morgan fingerprint density at radius 2 is 2.00 bits per heavy atom. The summed E-state index contributed by atoms with van der Waals surface area (Å²) in [6.45, 7) is 0. The summed E-state index contributed by atoms with van der Waals surface area (Å²) in [5.74, 6) is -0.772. The number of hydrogen-bond donors (Lipinski definition) is 2. The molecule has 0 saturated carbocycles. The highest BCUT2D eigenvalue weighted by Crippen LogP contribution is 2.50. The second kappa shape index (κ2) is 5.01. The molecule has 118 valence electrons. The lowest BCUT2D eigenvalue weighted by Gasteiger charge is -2.39. The van der Waals surface area contributed by atoms with Crippen LogP contribution < -0.4 is 4.74 Å². The Bertz CT molecular complexity index is 854. The first-order chi connectivity index (χ1) is 11.1. The molecule has 0 amide bonds. The summed E-state index contributed by atoms with van der Waals surface area (Å²) < 4.78 is 17.1. The summed E-state index contributed by atoms with van der Waals surface area (Å²) in [5, 5.41) is 21.6. The highest BCUT2D eigenvalue weighted by atomic mass is 16.7. The van der Waals surface area contributed by atoms with E-state index in [2.05, 4.69) is 0 Å². The third-order valence-electron chi connectivity index (χ3n) is 4.35. The summed E-state index contributed by atoms with van der Waals surface area (Å²) in [5.41, 5.74) is 1.65. The van der Waals surface area contributed by atoms with Crippen LogP contribution in [-0.2, 0) is 10.5 Å². The fourth-order valence-electron chi connectivity index (χ4n) is 3.18. The largest absolute Gasteiger partial charge is 0.507 e. The lowest BCUT2D eigenvalue weighted by Crippen LogP contribution is -2.40. The highest BCUT2D eigenvalue weighted by Gasteiger charge is 2.44. The number of ether oxygens (including phenoxy) is 2. The van der Waals surface area contributed by atoms with Crippen LogP contribution in [0.3, 0.4) is 0 Å². The van der Waals surface area contributed by atoms with Crippen LogP contribution in [0, 0.1) is 0 Å². The molecule has 0 bridgehead atoms. The van der Waals surface area contributed by atoms with Gasteiger partial charge >= 0.3 is 0 Å². The summed E-state index contributed by atoms with van der Waals surface area (Å²) in [6, 6.07) is 12.8. The first kappa shape index (κ1) is 14.1. The molecule has 0 radical (unpaired) electrons. The van der Waals surface area contributed by atoms with Crippen molar-refractivity contribution in [1.29, 1.82) is 0 Å². The normalized spacial score (nSPS) is 23.5. The fraction of sp³-hybridized carbons (Fsp3) is 0.222. The van der Waals surface area contributed by atoms with Gasteiger partial charge in [-0.2, -0.15) is 0 Å². The minimum atomic E-state index is -1.11. The minimum absolute atomic E-state index is 0.0171. The molecular formula is C18H16O5. The lowest BCUT2D eigenvalue weighted by atomic mass is 9.90. The number of aromatic hydroxyl groups is 1. The van der Waals surface area contributed by atoms with E-state index in [-0.39, 0.29) is 12.2 Å². The third-order valence-corrected chi connectivity index (χ3v) is 4.35. The van der Waals surface area contributed by atoms with Gasteiger partial charge in [0.15, 0.2) is 0 Å². The lowest BCUT2D eigenvalue weighted by molar-refractivity contribution is -0.203. The number of fused-ring (bicyclic) bond motifs is 2. The van der Waals surface area contributed by atoms with Crippen LogP contribution >= 0.6 is 0 Å². The van der Waals surface area contributed by atoms with Crippen LogP contribution in [0.1, 0.15) is 23.7 Å². The number of aliphatic hydroxyl groups excluding tert-OH is 1. The van der Waals surface area contributed by atoms with Gasteiger partial charge < -0.3 is 24.1 Å². The van der Waals surface area contributed by atoms with Crippen molar-refractivity contribution in [3.63, 3.8) is 0 Å². The van der Waals surface area contributed by atoms with E-state index >= 15 is 0 Å². The maximum absolute atomic E-state index is 10.6. The Kier molecular flexibility index (Phi) is 3.07. The van der Waals surface area contributed by atoms with E-state index in [1.165, 1.54) is 13.4 Å². The van der Waals surface area contributed by atoms with Gasteiger partial charge in [-0.25, -0.2) is 0 Å². The Morgan fingerprint density at radius 1 is 1.22 bits per heavy atom. The molecule has 0 fully saturated rings. The maximum atomic E-state index is 10.6. The van der Waals surface area contributed by atoms with Crippen LogP contribution in [0.4, 0.5) is 0 Å². The van der Waals surface area contributed by atoms with Crippen molar-refractivity contribution in [3.8, 4) is 11.5 Å². The molecule has 23 heavy (non-hydrogen) atoms. The van der Waals surface area contributed by atoms with Crippen LogP contribution in [0.5, 0.6) is 11.5 Å². The van der Waals surface area contributed by atoms with E-state index in [9.17, 15) is 10.2 Å². The van der Waals surface area contributed by atoms with Gasteiger partial charge in [0.25, 0.3) is 0 Å². The van der Waals surface area contributed by atoms with Gasteiger partial charge in [-0.05, 0) is 6.07 Å². The number of methoxy groups -OCH3 is 1. The maximum Gasteiger partial charge on any atom is 0.239 e. The molecule has 0 unspecified atom stereocenters. The van der Waals surface area contributed by atoms with Crippen molar-refractivity contribution in [3.05, 3.63) is 59.9 Å². The number of hydrogen-bond acceptors (Lipinski definition) is 5. The molecule has 2 heterocycles. The van der Waals surface area contributed by atoms with E-state index in [0.29, 0.717) is 22.3 Å². The fourth-order valence-corrected chi connectivity index (χ4v) is 3.18. The zero-order valence-electron chi connectivity index (χ0n) is 12.5. The molecule has 0 spiro atoms. The predicted molar refractivity (Wildman–Crippen MR) is 83.2 cm³/mol.